The quantitative estimate of drug-likeness (QED) is 0.618. The highest BCUT2D eigenvalue weighted by atomic mass is 16.7. The third-order valence-electron chi connectivity index (χ3n) is 5.96. The zero-order chi connectivity index (χ0) is 21.2. The molecule has 1 fully saturated rings. The molecule has 1 atom stereocenters. The van der Waals surface area contributed by atoms with Crippen LogP contribution < -0.4 is 19.1 Å². The minimum atomic E-state index is 0.245. The predicted molar refractivity (Wildman–Crippen MR) is 116 cm³/mol. The highest BCUT2D eigenvalue weighted by Gasteiger charge is 2.24. The van der Waals surface area contributed by atoms with E-state index >= 15 is 0 Å². The first kappa shape index (κ1) is 19.7. The highest BCUT2D eigenvalue weighted by Crippen LogP contribution is 2.35. The van der Waals surface area contributed by atoms with E-state index in [1.54, 1.807) is 7.11 Å². The van der Waals surface area contributed by atoms with Crippen LogP contribution >= 0.6 is 0 Å². The van der Waals surface area contributed by atoms with Crippen molar-refractivity contribution in [3.63, 3.8) is 0 Å². The summed E-state index contributed by atoms with van der Waals surface area (Å²) in [7, 11) is 1.72. The molecule has 0 bridgehead atoms. The second-order valence-corrected chi connectivity index (χ2v) is 7.85. The zero-order valence-corrected chi connectivity index (χ0v) is 17.8. The fourth-order valence-corrected chi connectivity index (χ4v) is 4.12. The lowest BCUT2D eigenvalue weighted by molar-refractivity contribution is 0.174. The first-order valence-corrected chi connectivity index (χ1v) is 10.6. The number of rotatable bonds is 5. The van der Waals surface area contributed by atoms with Crippen LogP contribution in [0.15, 0.2) is 47.0 Å². The lowest BCUT2D eigenvalue weighted by Gasteiger charge is -2.25. The van der Waals surface area contributed by atoms with Crippen LogP contribution in [-0.4, -0.2) is 54.6 Å². The van der Waals surface area contributed by atoms with Crippen molar-refractivity contribution in [2.75, 3.05) is 38.4 Å². The molecule has 0 amide bonds. The molecule has 1 saturated heterocycles. The topological polar surface area (TPSA) is 73.1 Å². The van der Waals surface area contributed by atoms with Crippen molar-refractivity contribution >= 4 is 5.69 Å². The summed E-state index contributed by atoms with van der Waals surface area (Å²) in [5.41, 5.74) is 1.99. The Morgan fingerprint density at radius 3 is 2.84 bits per heavy atom. The van der Waals surface area contributed by atoms with E-state index < -0.39 is 0 Å². The second kappa shape index (κ2) is 8.47. The summed E-state index contributed by atoms with van der Waals surface area (Å²) >= 11 is 0. The summed E-state index contributed by atoms with van der Waals surface area (Å²) in [5, 5.41) is 4.18. The minimum Gasteiger partial charge on any atom is -0.495 e. The van der Waals surface area contributed by atoms with Crippen molar-refractivity contribution in [1.82, 2.24) is 15.0 Å². The van der Waals surface area contributed by atoms with E-state index in [2.05, 4.69) is 39.0 Å². The number of para-hydroxylation sites is 2. The molecule has 5 rings (SSSR count). The van der Waals surface area contributed by atoms with E-state index in [0.717, 1.165) is 48.8 Å². The molecule has 0 N–H and O–H groups in total. The van der Waals surface area contributed by atoms with Crippen molar-refractivity contribution in [2.45, 2.75) is 25.9 Å². The van der Waals surface area contributed by atoms with Gasteiger partial charge in [0, 0.05) is 31.2 Å². The Balaban J connectivity index is 1.27. The predicted octanol–water partition coefficient (Wildman–Crippen LogP) is 3.57. The molecule has 162 valence electrons. The molecule has 2 aliphatic heterocycles. The van der Waals surface area contributed by atoms with Crippen molar-refractivity contribution in [1.29, 1.82) is 0 Å². The maximum atomic E-state index is 5.57. The number of fused-ring (bicyclic) bond motifs is 1. The second-order valence-electron chi connectivity index (χ2n) is 7.85. The fourth-order valence-electron chi connectivity index (χ4n) is 4.12. The third kappa shape index (κ3) is 4.03. The molecule has 0 radical (unpaired) electrons. The SMILES string of the molecule is COc1ccccc1N1CC[C@@H](C)N(Cc2nc(-c3ccc4c(c3)OCO4)no2)CC1. The Bertz CT molecular complexity index is 1050. The normalized spacial score (nSPS) is 18.8. The molecule has 2 aliphatic rings. The Morgan fingerprint density at radius 2 is 1.94 bits per heavy atom. The third-order valence-corrected chi connectivity index (χ3v) is 5.96. The lowest BCUT2D eigenvalue weighted by atomic mass is 10.2. The number of methoxy groups -OCH3 is 1. The number of hydrogen-bond acceptors (Lipinski definition) is 8. The first-order chi connectivity index (χ1) is 15.2. The van der Waals surface area contributed by atoms with Gasteiger partial charge in [-0.2, -0.15) is 4.98 Å². The van der Waals surface area contributed by atoms with Gasteiger partial charge >= 0.3 is 0 Å². The molecule has 8 nitrogen and oxygen atoms in total. The van der Waals surface area contributed by atoms with Gasteiger partial charge in [-0.3, -0.25) is 4.90 Å². The fraction of sp³-hybridized carbons (Fsp3) is 0.391. The highest BCUT2D eigenvalue weighted by molar-refractivity contribution is 5.61. The van der Waals surface area contributed by atoms with E-state index in [0.29, 0.717) is 30.1 Å². The van der Waals surface area contributed by atoms with Crippen LogP contribution in [0.1, 0.15) is 19.2 Å². The Hall–Kier alpha value is -3.26. The van der Waals surface area contributed by atoms with E-state index in [-0.39, 0.29) is 6.79 Å². The van der Waals surface area contributed by atoms with Gasteiger partial charge in [-0.1, -0.05) is 17.3 Å². The van der Waals surface area contributed by atoms with Gasteiger partial charge in [-0.05, 0) is 43.7 Å². The number of ether oxygens (including phenoxy) is 3. The average Bonchev–Trinajstić information content (AvgIpc) is 3.43. The van der Waals surface area contributed by atoms with Gasteiger partial charge in [0.15, 0.2) is 11.5 Å². The summed E-state index contributed by atoms with van der Waals surface area (Å²) in [4.78, 5) is 9.41. The summed E-state index contributed by atoms with van der Waals surface area (Å²) in [6, 6.07) is 14.3. The molecule has 0 unspecified atom stereocenters. The molecule has 31 heavy (non-hydrogen) atoms. The molecule has 8 heteroatoms. The smallest absolute Gasteiger partial charge is 0.241 e. The summed E-state index contributed by atoms with van der Waals surface area (Å²) in [6.07, 6.45) is 1.04. The number of hydrogen-bond donors (Lipinski definition) is 0. The summed E-state index contributed by atoms with van der Waals surface area (Å²) < 4.78 is 21.9. The maximum Gasteiger partial charge on any atom is 0.241 e. The molecule has 3 heterocycles. The van der Waals surface area contributed by atoms with Gasteiger partial charge in [-0.25, -0.2) is 0 Å². The zero-order valence-electron chi connectivity index (χ0n) is 17.8. The molecule has 1 aromatic heterocycles. The van der Waals surface area contributed by atoms with Crippen molar-refractivity contribution in [2.24, 2.45) is 0 Å². The van der Waals surface area contributed by atoms with Crippen LogP contribution in [0.5, 0.6) is 17.2 Å². The number of nitrogens with zero attached hydrogens (tertiary/aromatic N) is 4. The summed E-state index contributed by atoms with van der Waals surface area (Å²) in [5.74, 6) is 3.54. The van der Waals surface area contributed by atoms with Crippen LogP contribution in [-0.2, 0) is 6.54 Å². The van der Waals surface area contributed by atoms with E-state index in [9.17, 15) is 0 Å². The Labute approximate surface area is 181 Å². The Kier molecular flexibility index (Phi) is 5.38. The Morgan fingerprint density at radius 1 is 1.06 bits per heavy atom. The first-order valence-electron chi connectivity index (χ1n) is 10.6. The van der Waals surface area contributed by atoms with Crippen LogP contribution in [0, 0.1) is 0 Å². The van der Waals surface area contributed by atoms with Gasteiger partial charge in [0.2, 0.25) is 18.5 Å². The monoisotopic (exact) mass is 422 g/mol. The lowest BCUT2D eigenvalue weighted by Crippen LogP contribution is -2.34. The molecular weight excluding hydrogens is 396 g/mol. The number of aromatic nitrogens is 2. The van der Waals surface area contributed by atoms with Crippen LogP contribution in [0.3, 0.4) is 0 Å². The average molecular weight is 422 g/mol. The van der Waals surface area contributed by atoms with Gasteiger partial charge in [0.1, 0.15) is 5.75 Å². The maximum absolute atomic E-state index is 5.57. The van der Waals surface area contributed by atoms with Crippen molar-refractivity contribution < 1.29 is 18.7 Å². The van der Waals surface area contributed by atoms with Gasteiger partial charge in [-0.15, -0.1) is 0 Å². The molecule has 0 aliphatic carbocycles. The minimum absolute atomic E-state index is 0.245. The van der Waals surface area contributed by atoms with E-state index in [1.165, 1.54) is 0 Å². The van der Waals surface area contributed by atoms with Crippen molar-refractivity contribution in [3.05, 3.63) is 48.4 Å². The number of anilines is 1. The molecular formula is C23H26N4O4. The molecule has 3 aromatic rings. The standard InChI is InChI=1S/C23H26N4O4/c1-16-9-10-26(18-5-3-4-6-19(18)28-2)11-12-27(16)14-22-24-23(25-31-22)17-7-8-20-21(13-17)30-15-29-20/h3-8,13,16H,9-12,14-15H2,1-2H3/t16-/m1/s1. The van der Waals surface area contributed by atoms with Crippen LogP contribution in [0.2, 0.25) is 0 Å². The van der Waals surface area contributed by atoms with Gasteiger partial charge in [0.25, 0.3) is 0 Å². The van der Waals surface area contributed by atoms with Crippen LogP contribution in [0.25, 0.3) is 11.4 Å². The van der Waals surface area contributed by atoms with Gasteiger partial charge < -0.3 is 23.6 Å². The molecule has 2 aromatic carbocycles. The number of benzene rings is 2. The van der Waals surface area contributed by atoms with E-state index in [4.69, 9.17) is 18.7 Å². The van der Waals surface area contributed by atoms with Gasteiger partial charge in [0.05, 0.1) is 19.3 Å². The molecule has 0 saturated carbocycles. The summed E-state index contributed by atoms with van der Waals surface area (Å²) in [6.45, 7) is 5.91. The van der Waals surface area contributed by atoms with Crippen LogP contribution in [0.4, 0.5) is 5.69 Å². The molecule has 0 spiro atoms. The van der Waals surface area contributed by atoms with Crippen molar-refractivity contribution in [3.8, 4) is 28.6 Å². The largest absolute Gasteiger partial charge is 0.495 e. The van der Waals surface area contributed by atoms with E-state index in [1.807, 2.05) is 30.3 Å².